The predicted molar refractivity (Wildman–Crippen MR) is 73.4 cm³/mol. The van der Waals surface area contributed by atoms with Gasteiger partial charge in [-0.3, -0.25) is 4.79 Å². The van der Waals surface area contributed by atoms with Crippen LogP contribution in [0, 0.1) is 11.7 Å². The van der Waals surface area contributed by atoms with Crippen molar-refractivity contribution in [3.8, 4) is 0 Å². The van der Waals surface area contributed by atoms with Crippen molar-refractivity contribution in [1.29, 1.82) is 0 Å². The SMILES string of the molecule is COCCCCNC(=O)C(C)Cc1ccc(F)cc1. The highest BCUT2D eigenvalue weighted by atomic mass is 19.1. The molecular weight excluding hydrogens is 245 g/mol. The van der Waals surface area contributed by atoms with Crippen LogP contribution in [-0.4, -0.2) is 26.2 Å². The van der Waals surface area contributed by atoms with Crippen LogP contribution in [0.5, 0.6) is 0 Å². The Hall–Kier alpha value is -1.42. The Bertz CT molecular complexity index is 378. The van der Waals surface area contributed by atoms with E-state index in [1.807, 2.05) is 6.92 Å². The van der Waals surface area contributed by atoms with Crippen molar-refractivity contribution in [1.82, 2.24) is 5.32 Å². The Labute approximate surface area is 114 Å². The van der Waals surface area contributed by atoms with Crippen LogP contribution in [0.3, 0.4) is 0 Å². The number of halogens is 1. The van der Waals surface area contributed by atoms with Crippen molar-refractivity contribution >= 4 is 5.91 Å². The quantitative estimate of drug-likeness (QED) is 0.735. The third kappa shape index (κ3) is 6.34. The van der Waals surface area contributed by atoms with Gasteiger partial charge in [-0.25, -0.2) is 4.39 Å². The predicted octanol–water partition coefficient (Wildman–Crippen LogP) is 2.55. The fourth-order valence-electron chi connectivity index (χ4n) is 1.82. The first-order valence-corrected chi connectivity index (χ1v) is 6.64. The first-order chi connectivity index (χ1) is 9.13. The van der Waals surface area contributed by atoms with E-state index in [0.717, 1.165) is 25.0 Å². The molecule has 1 unspecified atom stereocenters. The first kappa shape index (κ1) is 15.6. The third-order valence-electron chi connectivity index (χ3n) is 2.98. The zero-order valence-electron chi connectivity index (χ0n) is 11.6. The molecule has 1 N–H and O–H groups in total. The number of rotatable bonds is 8. The molecule has 1 rings (SSSR count). The monoisotopic (exact) mass is 267 g/mol. The zero-order chi connectivity index (χ0) is 14.1. The van der Waals surface area contributed by atoms with Gasteiger partial charge >= 0.3 is 0 Å². The van der Waals surface area contributed by atoms with Gasteiger partial charge in [-0.2, -0.15) is 0 Å². The van der Waals surface area contributed by atoms with Crippen LogP contribution in [-0.2, 0) is 16.0 Å². The van der Waals surface area contributed by atoms with Gasteiger partial charge in [0.2, 0.25) is 5.91 Å². The van der Waals surface area contributed by atoms with Gasteiger partial charge in [0.25, 0.3) is 0 Å². The van der Waals surface area contributed by atoms with Crippen LogP contribution in [0.4, 0.5) is 4.39 Å². The molecule has 1 aromatic rings. The summed E-state index contributed by atoms with van der Waals surface area (Å²) >= 11 is 0. The fourth-order valence-corrected chi connectivity index (χ4v) is 1.82. The van der Waals surface area contributed by atoms with Gasteiger partial charge in [-0.15, -0.1) is 0 Å². The van der Waals surface area contributed by atoms with Crippen molar-refractivity contribution in [2.75, 3.05) is 20.3 Å². The maximum Gasteiger partial charge on any atom is 0.223 e. The number of carbonyl (C=O) groups excluding carboxylic acids is 1. The van der Waals surface area contributed by atoms with Crippen LogP contribution >= 0.6 is 0 Å². The molecule has 0 saturated carbocycles. The molecule has 3 nitrogen and oxygen atoms in total. The highest BCUT2D eigenvalue weighted by molar-refractivity contribution is 5.78. The molecule has 0 heterocycles. The summed E-state index contributed by atoms with van der Waals surface area (Å²) in [5.41, 5.74) is 0.975. The van der Waals surface area contributed by atoms with E-state index in [0.29, 0.717) is 13.0 Å². The lowest BCUT2D eigenvalue weighted by molar-refractivity contribution is -0.124. The smallest absolute Gasteiger partial charge is 0.223 e. The molecule has 0 aliphatic heterocycles. The first-order valence-electron chi connectivity index (χ1n) is 6.64. The number of carbonyl (C=O) groups is 1. The second-order valence-electron chi connectivity index (χ2n) is 4.72. The van der Waals surface area contributed by atoms with E-state index < -0.39 is 0 Å². The van der Waals surface area contributed by atoms with E-state index in [1.165, 1.54) is 12.1 Å². The molecule has 0 saturated heterocycles. The lowest BCUT2D eigenvalue weighted by Gasteiger charge is -2.12. The fraction of sp³-hybridized carbons (Fsp3) is 0.533. The summed E-state index contributed by atoms with van der Waals surface area (Å²) in [7, 11) is 1.67. The molecule has 106 valence electrons. The molecule has 1 amide bonds. The van der Waals surface area contributed by atoms with Gasteiger partial charge in [-0.05, 0) is 37.0 Å². The summed E-state index contributed by atoms with van der Waals surface area (Å²) < 4.78 is 17.7. The van der Waals surface area contributed by atoms with Crippen LogP contribution in [0.1, 0.15) is 25.3 Å². The number of methoxy groups -OCH3 is 1. The number of hydrogen-bond acceptors (Lipinski definition) is 2. The normalized spacial score (nSPS) is 12.2. The maximum absolute atomic E-state index is 12.8. The summed E-state index contributed by atoms with van der Waals surface area (Å²) in [5.74, 6) is -0.311. The summed E-state index contributed by atoms with van der Waals surface area (Å²) in [6.45, 7) is 3.28. The molecule has 1 aromatic carbocycles. The van der Waals surface area contributed by atoms with Gasteiger partial charge in [-0.1, -0.05) is 19.1 Å². The Kier molecular flexibility index (Phi) is 7.11. The molecule has 0 aliphatic carbocycles. The average Bonchev–Trinajstić information content (AvgIpc) is 2.41. The standard InChI is InChI=1S/C15H22FNO2/c1-12(11-13-5-7-14(16)8-6-13)15(18)17-9-3-4-10-19-2/h5-8,12H,3-4,9-11H2,1-2H3,(H,17,18). The van der Waals surface area contributed by atoms with Crippen molar-refractivity contribution in [2.45, 2.75) is 26.2 Å². The zero-order valence-corrected chi connectivity index (χ0v) is 11.6. The van der Waals surface area contributed by atoms with Gasteiger partial charge < -0.3 is 10.1 Å². The molecule has 0 aromatic heterocycles. The number of amides is 1. The van der Waals surface area contributed by atoms with Crippen molar-refractivity contribution in [3.63, 3.8) is 0 Å². The molecule has 0 radical (unpaired) electrons. The number of ether oxygens (including phenoxy) is 1. The molecular formula is C15H22FNO2. The van der Waals surface area contributed by atoms with Crippen LogP contribution < -0.4 is 5.32 Å². The average molecular weight is 267 g/mol. The molecule has 4 heteroatoms. The summed E-state index contributed by atoms with van der Waals surface area (Å²) in [6, 6.07) is 6.28. The Morgan fingerprint density at radius 2 is 2.00 bits per heavy atom. The van der Waals surface area contributed by atoms with Gasteiger partial charge in [0.1, 0.15) is 5.82 Å². The Morgan fingerprint density at radius 1 is 1.32 bits per heavy atom. The second kappa shape index (κ2) is 8.64. The van der Waals surface area contributed by atoms with Gasteiger partial charge in [0, 0.05) is 26.2 Å². The summed E-state index contributed by atoms with van der Waals surface area (Å²) in [5, 5.41) is 2.90. The van der Waals surface area contributed by atoms with Crippen LogP contribution in [0.2, 0.25) is 0 Å². The summed E-state index contributed by atoms with van der Waals surface area (Å²) in [6.07, 6.45) is 2.50. The van der Waals surface area contributed by atoms with Crippen molar-refractivity contribution in [2.24, 2.45) is 5.92 Å². The Balaban J connectivity index is 2.26. The number of benzene rings is 1. The minimum Gasteiger partial charge on any atom is -0.385 e. The largest absolute Gasteiger partial charge is 0.385 e. The third-order valence-corrected chi connectivity index (χ3v) is 2.98. The lowest BCUT2D eigenvalue weighted by Crippen LogP contribution is -2.31. The second-order valence-corrected chi connectivity index (χ2v) is 4.72. The molecule has 0 bridgehead atoms. The van der Waals surface area contributed by atoms with E-state index in [2.05, 4.69) is 5.32 Å². The van der Waals surface area contributed by atoms with E-state index in [4.69, 9.17) is 4.74 Å². The summed E-state index contributed by atoms with van der Waals surface area (Å²) in [4.78, 5) is 11.8. The molecule has 1 atom stereocenters. The Morgan fingerprint density at radius 3 is 2.63 bits per heavy atom. The van der Waals surface area contributed by atoms with Gasteiger partial charge in [0.15, 0.2) is 0 Å². The molecule has 0 aliphatic rings. The molecule has 0 spiro atoms. The highest BCUT2D eigenvalue weighted by Gasteiger charge is 2.12. The number of hydrogen-bond donors (Lipinski definition) is 1. The van der Waals surface area contributed by atoms with Crippen LogP contribution in [0.15, 0.2) is 24.3 Å². The number of nitrogens with one attached hydrogen (secondary N) is 1. The minimum atomic E-state index is -0.251. The van der Waals surface area contributed by atoms with Gasteiger partial charge in [0.05, 0.1) is 0 Å². The highest BCUT2D eigenvalue weighted by Crippen LogP contribution is 2.09. The lowest BCUT2D eigenvalue weighted by atomic mass is 10.0. The molecule has 0 fully saturated rings. The van der Waals surface area contributed by atoms with Crippen LogP contribution in [0.25, 0.3) is 0 Å². The van der Waals surface area contributed by atoms with E-state index in [1.54, 1.807) is 19.2 Å². The van der Waals surface area contributed by atoms with E-state index >= 15 is 0 Å². The topological polar surface area (TPSA) is 38.3 Å². The minimum absolute atomic E-state index is 0.0433. The van der Waals surface area contributed by atoms with Crippen molar-refractivity contribution < 1.29 is 13.9 Å². The number of unbranched alkanes of at least 4 members (excludes halogenated alkanes) is 1. The maximum atomic E-state index is 12.8. The molecule has 19 heavy (non-hydrogen) atoms. The van der Waals surface area contributed by atoms with Crippen molar-refractivity contribution in [3.05, 3.63) is 35.6 Å². The van der Waals surface area contributed by atoms with E-state index in [9.17, 15) is 9.18 Å². The van der Waals surface area contributed by atoms with E-state index in [-0.39, 0.29) is 17.6 Å².